The number of sulfonamides is 1. The van der Waals surface area contributed by atoms with E-state index in [1.165, 1.54) is 17.5 Å². The van der Waals surface area contributed by atoms with Crippen molar-refractivity contribution in [2.45, 2.75) is 17.4 Å². The monoisotopic (exact) mass is 369 g/mol. The second kappa shape index (κ2) is 5.49. The van der Waals surface area contributed by atoms with Crippen molar-refractivity contribution in [3.63, 3.8) is 0 Å². The Morgan fingerprint density at radius 1 is 1.63 bits per heavy atom. The van der Waals surface area contributed by atoms with Crippen LogP contribution in [0.5, 0.6) is 0 Å². The van der Waals surface area contributed by atoms with E-state index >= 15 is 0 Å². The van der Waals surface area contributed by atoms with Gasteiger partial charge in [0.15, 0.2) is 0 Å². The summed E-state index contributed by atoms with van der Waals surface area (Å²) in [6.45, 7) is 0.359. The molecule has 1 aromatic heterocycles. The van der Waals surface area contributed by atoms with Gasteiger partial charge in [-0.1, -0.05) is 0 Å². The van der Waals surface area contributed by atoms with E-state index in [0.29, 0.717) is 10.2 Å². The first-order chi connectivity index (χ1) is 8.86. The zero-order valence-electron chi connectivity index (χ0n) is 10.00. The number of hydrogen-bond donors (Lipinski definition) is 1. The smallest absolute Gasteiger partial charge is 0.348 e. The summed E-state index contributed by atoms with van der Waals surface area (Å²) in [5, 5.41) is 9.42. The fraction of sp³-hybridized carbons (Fsp3) is 0.500. The normalized spacial score (nSPS) is 20.7. The van der Waals surface area contributed by atoms with E-state index in [0.717, 1.165) is 11.3 Å². The Morgan fingerprint density at radius 2 is 2.32 bits per heavy atom. The minimum Gasteiger partial charge on any atom is -0.465 e. The second-order valence-corrected chi connectivity index (χ2v) is 8.32. The van der Waals surface area contributed by atoms with Crippen molar-refractivity contribution >= 4 is 43.3 Å². The first-order valence-electron chi connectivity index (χ1n) is 5.42. The highest BCUT2D eigenvalue weighted by atomic mass is 79.9. The molecule has 1 atom stereocenters. The van der Waals surface area contributed by atoms with Crippen LogP contribution in [0.4, 0.5) is 0 Å². The van der Waals surface area contributed by atoms with Crippen molar-refractivity contribution in [1.82, 2.24) is 4.31 Å². The molecule has 1 aliphatic heterocycles. The number of esters is 1. The minimum atomic E-state index is -3.69. The van der Waals surface area contributed by atoms with Crippen LogP contribution in [0.2, 0.25) is 0 Å². The fourth-order valence-corrected chi connectivity index (χ4v) is 5.72. The first-order valence-corrected chi connectivity index (χ1v) is 8.47. The second-order valence-electron chi connectivity index (χ2n) is 4.05. The fourth-order valence-electron chi connectivity index (χ4n) is 1.80. The predicted octanol–water partition coefficient (Wildman–Crippen LogP) is 1.05. The summed E-state index contributed by atoms with van der Waals surface area (Å²) < 4.78 is 30.9. The quantitative estimate of drug-likeness (QED) is 0.805. The van der Waals surface area contributed by atoms with E-state index in [1.807, 2.05) is 0 Å². The minimum absolute atomic E-state index is 0.0343. The molecule has 1 fully saturated rings. The summed E-state index contributed by atoms with van der Waals surface area (Å²) in [7, 11) is -2.46. The van der Waals surface area contributed by atoms with Gasteiger partial charge in [0.05, 0.1) is 17.0 Å². The Bertz CT molecular complexity index is 597. The lowest BCUT2D eigenvalue weighted by molar-refractivity contribution is 0.0606. The third-order valence-electron chi connectivity index (χ3n) is 2.79. The van der Waals surface area contributed by atoms with Gasteiger partial charge in [0, 0.05) is 13.1 Å². The van der Waals surface area contributed by atoms with E-state index in [-0.39, 0.29) is 22.9 Å². The zero-order chi connectivity index (χ0) is 14.2. The van der Waals surface area contributed by atoms with Crippen LogP contribution in [0.15, 0.2) is 14.7 Å². The van der Waals surface area contributed by atoms with E-state index in [1.54, 1.807) is 0 Å². The van der Waals surface area contributed by atoms with Crippen LogP contribution in [0.1, 0.15) is 16.1 Å². The van der Waals surface area contributed by atoms with Gasteiger partial charge < -0.3 is 9.84 Å². The Balaban J connectivity index is 2.36. The number of methoxy groups -OCH3 is 1. The molecule has 106 valence electrons. The van der Waals surface area contributed by atoms with Gasteiger partial charge in [-0.2, -0.15) is 4.31 Å². The number of thiophene rings is 1. The van der Waals surface area contributed by atoms with Gasteiger partial charge in [-0.05, 0) is 28.4 Å². The predicted molar refractivity (Wildman–Crippen MR) is 72.7 cm³/mol. The first kappa shape index (κ1) is 14.9. The number of aliphatic hydroxyl groups excluding tert-OH is 1. The van der Waals surface area contributed by atoms with Crippen LogP contribution < -0.4 is 0 Å². The lowest BCUT2D eigenvalue weighted by Crippen LogP contribution is -2.29. The highest BCUT2D eigenvalue weighted by Gasteiger charge is 2.34. The molecule has 0 amide bonds. The Morgan fingerprint density at radius 3 is 2.84 bits per heavy atom. The number of β-amino-alcohol motifs (C(OH)–C–C–N with tert-alkyl or cyclic N) is 1. The molecule has 9 heteroatoms. The topological polar surface area (TPSA) is 83.9 Å². The van der Waals surface area contributed by atoms with E-state index < -0.39 is 22.1 Å². The maximum atomic E-state index is 12.4. The maximum absolute atomic E-state index is 12.4. The molecule has 1 N–H and O–H groups in total. The molecule has 1 aromatic rings. The largest absolute Gasteiger partial charge is 0.465 e. The van der Waals surface area contributed by atoms with E-state index in [4.69, 9.17) is 0 Å². The zero-order valence-corrected chi connectivity index (χ0v) is 13.2. The van der Waals surface area contributed by atoms with Crippen LogP contribution in [-0.4, -0.2) is 50.1 Å². The number of nitrogens with zero attached hydrogens (tertiary/aromatic N) is 1. The molecule has 6 nitrogen and oxygen atoms in total. The van der Waals surface area contributed by atoms with Crippen molar-refractivity contribution in [3.05, 3.63) is 14.7 Å². The number of halogens is 1. The molecule has 0 saturated carbocycles. The molecule has 0 spiro atoms. The number of carbonyl (C=O) groups excluding carboxylic acids is 1. The van der Waals surface area contributed by atoms with Gasteiger partial charge in [0.2, 0.25) is 10.0 Å². The van der Waals surface area contributed by atoms with E-state index in [2.05, 4.69) is 20.7 Å². The van der Waals surface area contributed by atoms with Crippen LogP contribution in [0.3, 0.4) is 0 Å². The van der Waals surface area contributed by atoms with Crippen molar-refractivity contribution in [3.8, 4) is 0 Å². The molecule has 2 heterocycles. The molecule has 2 rings (SSSR count). The summed E-state index contributed by atoms with van der Waals surface area (Å²) in [6, 6.07) is 1.29. The number of hydrogen-bond acceptors (Lipinski definition) is 6. The highest BCUT2D eigenvalue weighted by Crippen LogP contribution is 2.34. The van der Waals surface area contributed by atoms with Crippen LogP contribution >= 0.6 is 27.3 Å². The summed E-state index contributed by atoms with van der Waals surface area (Å²) in [6.07, 6.45) is -0.211. The van der Waals surface area contributed by atoms with Gasteiger partial charge in [0.25, 0.3) is 0 Å². The lowest BCUT2D eigenvalue weighted by Gasteiger charge is -2.14. The molecule has 0 aromatic carbocycles. The van der Waals surface area contributed by atoms with Crippen molar-refractivity contribution < 1.29 is 23.1 Å². The molecule has 0 radical (unpaired) electrons. The highest BCUT2D eigenvalue weighted by molar-refractivity contribution is 9.11. The van der Waals surface area contributed by atoms with Crippen LogP contribution in [-0.2, 0) is 14.8 Å². The molecule has 19 heavy (non-hydrogen) atoms. The average Bonchev–Trinajstić information content (AvgIpc) is 2.95. The van der Waals surface area contributed by atoms with Gasteiger partial charge >= 0.3 is 5.97 Å². The third-order valence-corrected chi connectivity index (χ3v) is 6.88. The van der Waals surface area contributed by atoms with Gasteiger partial charge in [-0.3, -0.25) is 0 Å². The maximum Gasteiger partial charge on any atom is 0.348 e. The van der Waals surface area contributed by atoms with Gasteiger partial charge in [-0.25, -0.2) is 13.2 Å². The Hall–Kier alpha value is -0.480. The van der Waals surface area contributed by atoms with Crippen molar-refractivity contribution in [2.75, 3.05) is 20.2 Å². The number of carbonyl (C=O) groups is 1. The van der Waals surface area contributed by atoms with Crippen molar-refractivity contribution in [2.24, 2.45) is 0 Å². The Labute approximate surface area is 123 Å². The summed E-state index contributed by atoms with van der Waals surface area (Å²) in [5.74, 6) is -0.575. The summed E-state index contributed by atoms with van der Waals surface area (Å²) in [4.78, 5) is 11.6. The van der Waals surface area contributed by atoms with Crippen molar-refractivity contribution in [1.29, 1.82) is 0 Å². The third kappa shape index (κ3) is 2.84. The number of ether oxygens (including phenoxy) is 1. The molecular formula is C10H12BrNO5S2. The summed E-state index contributed by atoms with van der Waals surface area (Å²) in [5.41, 5.74) is 0. The van der Waals surface area contributed by atoms with Gasteiger partial charge in [0.1, 0.15) is 9.77 Å². The van der Waals surface area contributed by atoms with E-state index in [9.17, 15) is 18.3 Å². The molecule has 1 unspecified atom stereocenters. The molecule has 1 aliphatic rings. The lowest BCUT2D eigenvalue weighted by atomic mass is 10.3. The molecule has 1 saturated heterocycles. The average molecular weight is 370 g/mol. The number of aliphatic hydroxyl groups is 1. The van der Waals surface area contributed by atoms with Crippen LogP contribution in [0.25, 0.3) is 0 Å². The summed E-state index contributed by atoms with van der Waals surface area (Å²) >= 11 is 4.16. The van der Waals surface area contributed by atoms with Gasteiger partial charge in [-0.15, -0.1) is 11.3 Å². The number of rotatable bonds is 3. The Kier molecular flexibility index (Phi) is 4.31. The molecule has 0 bridgehead atoms. The molecule has 0 aliphatic carbocycles. The standard InChI is InChI=1S/C10H12BrNO5S2/c1-17-10(14)7-4-8(9(11)18-7)19(15,16)12-3-2-6(13)5-12/h4,6,13H,2-3,5H2,1H3. The molecular weight excluding hydrogens is 358 g/mol. The van der Waals surface area contributed by atoms with Crippen LogP contribution in [0, 0.1) is 0 Å². The SMILES string of the molecule is COC(=O)c1cc(S(=O)(=O)N2CCC(O)C2)c(Br)s1.